The quantitative estimate of drug-likeness (QED) is 0.598. The number of rotatable bonds is 6. The van der Waals surface area contributed by atoms with Crippen LogP contribution in [0, 0.1) is 11.3 Å². The van der Waals surface area contributed by atoms with Gasteiger partial charge in [-0.15, -0.1) is 10.2 Å². The number of aromatic nitrogens is 3. The first kappa shape index (κ1) is 15.8. The zero-order valence-corrected chi connectivity index (χ0v) is 13.7. The lowest BCUT2D eigenvalue weighted by Gasteiger charge is -2.28. The molecule has 7 heteroatoms. The first-order valence-electron chi connectivity index (χ1n) is 7.68. The van der Waals surface area contributed by atoms with Gasteiger partial charge in [-0.05, 0) is 5.56 Å². The smallest absolute Gasteiger partial charge is 0.228 e. The standard InChI is InChI=1S/C16H19N5OS/c17-7-4-12-23-16-19-18-15(20-8-10-22-11-9-20)21(16)13-14-5-2-1-3-6-14/h1-3,5-6H,4,8-13H2. The highest BCUT2D eigenvalue weighted by molar-refractivity contribution is 7.99. The van der Waals surface area contributed by atoms with Gasteiger partial charge in [0.2, 0.25) is 5.95 Å². The van der Waals surface area contributed by atoms with Crippen molar-refractivity contribution in [2.45, 2.75) is 18.1 Å². The second kappa shape index (κ2) is 7.99. The second-order valence-electron chi connectivity index (χ2n) is 5.21. The molecule has 120 valence electrons. The summed E-state index contributed by atoms with van der Waals surface area (Å²) >= 11 is 1.58. The molecular weight excluding hydrogens is 310 g/mol. The van der Waals surface area contributed by atoms with Gasteiger partial charge in [0, 0.05) is 25.3 Å². The van der Waals surface area contributed by atoms with Gasteiger partial charge in [-0.3, -0.25) is 4.57 Å². The summed E-state index contributed by atoms with van der Waals surface area (Å²) in [5, 5.41) is 18.3. The molecule has 0 amide bonds. The third kappa shape index (κ3) is 4.03. The van der Waals surface area contributed by atoms with E-state index in [-0.39, 0.29) is 0 Å². The van der Waals surface area contributed by atoms with Gasteiger partial charge < -0.3 is 9.64 Å². The Morgan fingerprint density at radius 3 is 2.70 bits per heavy atom. The van der Waals surface area contributed by atoms with Crippen LogP contribution in [0.2, 0.25) is 0 Å². The van der Waals surface area contributed by atoms with Crippen molar-refractivity contribution in [3.63, 3.8) is 0 Å². The van der Waals surface area contributed by atoms with Crippen molar-refractivity contribution in [1.82, 2.24) is 14.8 Å². The molecule has 0 N–H and O–H groups in total. The zero-order chi connectivity index (χ0) is 15.9. The van der Waals surface area contributed by atoms with Crippen LogP contribution in [-0.2, 0) is 11.3 Å². The average Bonchev–Trinajstić information content (AvgIpc) is 3.00. The predicted octanol–water partition coefficient (Wildman–Crippen LogP) is 2.17. The first-order chi connectivity index (χ1) is 11.4. The molecular formula is C16H19N5OS. The number of hydrogen-bond donors (Lipinski definition) is 0. The maximum Gasteiger partial charge on any atom is 0.228 e. The van der Waals surface area contributed by atoms with Crippen LogP contribution in [0.1, 0.15) is 12.0 Å². The molecule has 1 aliphatic rings. The Hall–Kier alpha value is -2.04. The number of nitriles is 1. The summed E-state index contributed by atoms with van der Waals surface area (Å²) in [4.78, 5) is 2.22. The minimum Gasteiger partial charge on any atom is -0.378 e. The molecule has 0 radical (unpaired) electrons. The van der Waals surface area contributed by atoms with Crippen LogP contribution in [0.4, 0.5) is 5.95 Å². The molecule has 1 aliphatic heterocycles. The molecule has 1 fully saturated rings. The number of ether oxygens (including phenoxy) is 1. The summed E-state index contributed by atoms with van der Waals surface area (Å²) < 4.78 is 7.57. The summed E-state index contributed by atoms with van der Waals surface area (Å²) in [6, 6.07) is 12.5. The Labute approximate surface area is 140 Å². The fourth-order valence-electron chi connectivity index (χ4n) is 2.48. The Bertz CT molecular complexity index is 661. The van der Waals surface area contributed by atoms with E-state index < -0.39 is 0 Å². The van der Waals surface area contributed by atoms with Crippen LogP contribution in [0.15, 0.2) is 35.5 Å². The number of anilines is 1. The number of nitrogens with zero attached hydrogens (tertiary/aromatic N) is 5. The van der Waals surface area contributed by atoms with Crippen molar-refractivity contribution < 1.29 is 4.74 Å². The molecule has 1 saturated heterocycles. The Kier molecular flexibility index (Phi) is 5.51. The van der Waals surface area contributed by atoms with Crippen LogP contribution in [-0.4, -0.2) is 46.8 Å². The highest BCUT2D eigenvalue weighted by Crippen LogP contribution is 2.24. The minimum absolute atomic E-state index is 0.510. The van der Waals surface area contributed by atoms with Gasteiger partial charge in [0.1, 0.15) is 0 Å². The highest BCUT2D eigenvalue weighted by atomic mass is 32.2. The van der Waals surface area contributed by atoms with E-state index in [9.17, 15) is 0 Å². The van der Waals surface area contributed by atoms with Gasteiger partial charge in [0.15, 0.2) is 5.16 Å². The molecule has 6 nitrogen and oxygen atoms in total. The van der Waals surface area contributed by atoms with Gasteiger partial charge >= 0.3 is 0 Å². The molecule has 2 aromatic rings. The normalized spacial score (nSPS) is 14.7. The minimum atomic E-state index is 0.510. The molecule has 1 aromatic carbocycles. The summed E-state index contributed by atoms with van der Waals surface area (Å²) in [7, 11) is 0. The van der Waals surface area contributed by atoms with Gasteiger partial charge in [-0.25, -0.2) is 0 Å². The Morgan fingerprint density at radius 1 is 1.17 bits per heavy atom. The molecule has 1 aromatic heterocycles. The van der Waals surface area contributed by atoms with E-state index in [0.29, 0.717) is 6.42 Å². The van der Waals surface area contributed by atoms with E-state index in [1.165, 1.54) is 5.56 Å². The SMILES string of the molecule is N#CCCSc1nnc(N2CCOCC2)n1Cc1ccccc1. The summed E-state index contributed by atoms with van der Waals surface area (Å²) in [5.41, 5.74) is 1.21. The highest BCUT2D eigenvalue weighted by Gasteiger charge is 2.20. The molecule has 0 bridgehead atoms. The van der Waals surface area contributed by atoms with Crippen LogP contribution in [0.5, 0.6) is 0 Å². The lowest BCUT2D eigenvalue weighted by molar-refractivity contribution is 0.121. The van der Waals surface area contributed by atoms with Crippen molar-refractivity contribution >= 4 is 17.7 Å². The van der Waals surface area contributed by atoms with E-state index in [1.807, 2.05) is 18.2 Å². The summed E-state index contributed by atoms with van der Waals surface area (Å²) in [5.74, 6) is 1.61. The lowest BCUT2D eigenvalue weighted by Crippen LogP contribution is -2.38. The van der Waals surface area contributed by atoms with Crippen LogP contribution >= 0.6 is 11.8 Å². The monoisotopic (exact) mass is 329 g/mol. The molecule has 2 heterocycles. The topological polar surface area (TPSA) is 67.0 Å². The van der Waals surface area contributed by atoms with Gasteiger partial charge in [0.05, 0.1) is 25.8 Å². The molecule has 0 atom stereocenters. The maximum absolute atomic E-state index is 8.73. The second-order valence-corrected chi connectivity index (χ2v) is 6.27. The maximum atomic E-state index is 8.73. The van der Waals surface area contributed by atoms with Gasteiger partial charge in [-0.2, -0.15) is 5.26 Å². The van der Waals surface area contributed by atoms with Crippen molar-refractivity contribution in [2.75, 3.05) is 37.0 Å². The molecule has 0 spiro atoms. The van der Waals surface area contributed by atoms with E-state index in [0.717, 1.165) is 49.7 Å². The van der Waals surface area contributed by atoms with Crippen molar-refractivity contribution in [3.8, 4) is 6.07 Å². The van der Waals surface area contributed by atoms with E-state index in [2.05, 4.69) is 37.9 Å². The van der Waals surface area contributed by atoms with Gasteiger partial charge in [0.25, 0.3) is 0 Å². The fraction of sp³-hybridized carbons (Fsp3) is 0.438. The summed E-state index contributed by atoms with van der Waals surface area (Å²) in [6.07, 6.45) is 0.510. The molecule has 23 heavy (non-hydrogen) atoms. The summed E-state index contributed by atoms with van der Waals surface area (Å²) in [6.45, 7) is 3.82. The van der Waals surface area contributed by atoms with E-state index in [1.54, 1.807) is 11.8 Å². The fourth-order valence-corrected chi connectivity index (χ4v) is 3.25. The third-order valence-electron chi connectivity index (χ3n) is 3.62. The largest absolute Gasteiger partial charge is 0.378 e. The van der Waals surface area contributed by atoms with Crippen molar-refractivity contribution in [2.24, 2.45) is 0 Å². The average molecular weight is 329 g/mol. The molecule has 0 aliphatic carbocycles. The van der Waals surface area contributed by atoms with E-state index >= 15 is 0 Å². The molecule has 0 saturated carbocycles. The predicted molar refractivity (Wildman–Crippen MR) is 89.6 cm³/mol. The zero-order valence-electron chi connectivity index (χ0n) is 12.9. The van der Waals surface area contributed by atoms with Crippen molar-refractivity contribution in [1.29, 1.82) is 5.26 Å². The molecule has 3 rings (SSSR count). The Balaban J connectivity index is 1.84. The Morgan fingerprint density at radius 2 is 1.96 bits per heavy atom. The van der Waals surface area contributed by atoms with Gasteiger partial charge in [-0.1, -0.05) is 42.1 Å². The number of hydrogen-bond acceptors (Lipinski definition) is 6. The van der Waals surface area contributed by atoms with Crippen LogP contribution in [0.25, 0.3) is 0 Å². The first-order valence-corrected chi connectivity index (χ1v) is 8.66. The number of benzene rings is 1. The lowest BCUT2D eigenvalue weighted by atomic mass is 10.2. The van der Waals surface area contributed by atoms with Crippen LogP contribution < -0.4 is 4.90 Å². The van der Waals surface area contributed by atoms with Crippen molar-refractivity contribution in [3.05, 3.63) is 35.9 Å². The third-order valence-corrected chi connectivity index (χ3v) is 4.59. The number of morpholine rings is 1. The van der Waals surface area contributed by atoms with Crippen LogP contribution in [0.3, 0.4) is 0 Å². The van der Waals surface area contributed by atoms with E-state index in [4.69, 9.17) is 10.00 Å². The number of thioether (sulfide) groups is 1. The molecule has 0 unspecified atom stereocenters.